The van der Waals surface area contributed by atoms with E-state index in [1.807, 2.05) is 6.92 Å². The van der Waals surface area contributed by atoms with Crippen LogP contribution in [0.3, 0.4) is 0 Å². The van der Waals surface area contributed by atoms with Gasteiger partial charge in [0.05, 0.1) is 139 Å². The van der Waals surface area contributed by atoms with Gasteiger partial charge in [0.2, 0.25) is 0 Å². The molecule has 0 N–H and O–H groups in total. The number of carbonyl (C=O) groups is 1. The van der Waals surface area contributed by atoms with Gasteiger partial charge in [-0.3, -0.25) is 4.79 Å². The maximum Gasteiger partial charge on any atom is 0.305 e. The van der Waals surface area contributed by atoms with Crippen molar-refractivity contribution in [3.63, 3.8) is 0 Å². The second-order valence-electron chi connectivity index (χ2n) is 9.68. The molecule has 0 aliphatic carbocycles. The van der Waals surface area contributed by atoms with E-state index in [0.717, 1.165) is 19.4 Å². The molecule has 1 unspecified atom stereocenters. The smallest absolute Gasteiger partial charge is 0.305 e. The quantitative estimate of drug-likeness (QED) is 0.0724. The minimum atomic E-state index is -0.187. The molecule has 1 atom stereocenters. The standard InChI is InChI=1S/C31H62O13/c1-4-6-31(32)44-28-27-42-24-23-40-20-19-38-16-15-36-12-11-34-8-7-33-9-10-35-13-14-37-17-18-39-21-22-41-25-26-43-29-30(3)5-2/h30H,4-29H2,1-3H3. The van der Waals surface area contributed by atoms with E-state index >= 15 is 0 Å². The lowest BCUT2D eigenvalue weighted by Gasteiger charge is -2.10. The summed E-state index contributed by atoms with van der Waals surface area (Å²) in [5.74, 6) is 0.408. The van der Waals surface area contributed by atoms with E-state index in [2.05, 4.69) is 13.8 Å². The largest absolute Gasteiger partial charge is 0.463 e. The molecule has 0 aliphatic heterocycles. The zero-order valence-corrected chi connectivity index (χ0v) is 27.8. The van der Waals surface area contributed by atoms with Crippen LogP contribution in [0.25, 0.3) is 0 Å². The SMILES string of the molecule is CCCC(=O)OCCOCCOCCOCCOCCOCCOCCOCCOCCOCCOCCOCC(C)CC. The topological polar surface area (TPSA) is 128 Å². The lowest BCUT2D eigenvalue weighted by molar-refractivity contribution is -0.145. The number of esters is 1. The van der Waals surface area contributed by atoms with E-state index in [1.54, 1.807) is 0 Å². The Kier molecular flexibility index (Phi) is 37.4. The predicted octanol–water partition coefficient (Wildman–Crippen LogP) is 2.56. The number of hydrogen-bond donors (Lipinski definition) is 0. The van der Waals surface area contributed by atoms with Gasteiger partial charge in [0.1, 0.15) is 6.61 Å². The van der Waals surface area contributed by atoms with Gasteiger partial charge >= 0.3 is 5.97 Å². The molecule has 0 aromatic heterocycles. The van der Waals surface area contributed by atoms with Crippen LogP contribution in [-0.4, -0.2) is 158 Å². The average molecular weight is 643 g/mol. The molecule has 264 valence electrons. The van der Waals surface area contributed by atoms with E-state index in [1.165, 1.54) is 0 Å². The van der Waals surface area contributed by atoms with Crippen LogP contribution >= 0.6 is 0 Å². The fourth-order valence-corrected chi connectivity index (χ4v) is 3.09. The van der Waals surface area contributed by atoms with Crippen molar-refractivity contribution in [2.75, 3.05) is 152 Å². The third kappa shape index (κ3) is 37.2. The molecule has 0 aliphatic rings. The first-order valence-corrected chi connectivity index (χ1v) is 16.2. The summed E-state index contributed by atoms with van der Waals surface area (Å²) in [6, 6.07) is 0. The highest BCUT2D eigenvalue weighted by Gasteiger charge is 2.00. The first kappa shape index (κ1) is 43.0. The van der Waals surface area contributed by atoms with Crippen molar-refractivity contribution in [2.45, 2.75) is 40.0 Å². The fourth-order valence-electron chi connectivity index (χ4n) is 3.09. The number of rotatable bonds is 38. The van der Waals surface area contributed by atoms with Crippen molar-refractivity contribution >= 4 is 5.97 Å². The van der Waals surface area contributed by atoms with Crippen molar-refractivity contribution in [3.8, 4) is 0 Å². The third-order valence-corrected chi connectivity index (χ3v) is 5.76. The Morgan fingerprint density at radius 2 is 0.659 bits per heavy atom. The van der Waals surface area contributed by atoms with Gasteiger partial charge in [0.15, 0.2) is 0 Å². The molecular weight excluding hydrogens is 580 g/mol. The lowest BCUT2D eigenvalue weighted by atomic mass is 10.1. The van der Waals surface area contributed by atoms with Crippen LogP contribution in [0.5, 0.6) is 0 Å². The summed E-state index contributed by atoms with van der Waals surface area (Å²) < 4.78 is 65.0. The summed E-state index contributed by atoms with van der Waals surface area (Å²) in [6.07, 6.45) is 2.36. The number of carbonyl (C=O) groups excluding carboxylic acids is 1. The van der Waals surface area contributed by atoms with Crippen LogP contribution < -0.4 is 0 Å². The Labute approximate surface area is 265 Å². The van der Waals surface area contributed by atoms with Crippen LogP contribution in [0.1, 0.15) is 40.0 Å². The van der Waals surface area contributed by atoms with Gasteiger partial charge in [0, 0.05) is 13.0 Å². The van der Waals surface area contributed by atoms with Crippen LogP contribution in [0, 0.1) is 5.92 Å². The predicted molar refractivity (Wildman–Crippen MR) is 164 cm³/mol. The van der Waals surface area contributed by atoms with Crippen LogP contribution in [-0.2, 0) is 61.6 Å². The summed E-state index contributed by atoms with van der Waals surface area (Å²) in [6.45, 7) is 18.1. The van der Waals surface area contributed by atoms with Gasteiger partial charge in [-0.1, -0.05) is 27.2 Å². The van der Waals surface area contributed by atoms with E-state index < -0.39 is 0 Å². The van der Waals surface area contributed by atoms with Crippen molar-refractivity contribution in [2.24, 2.45) is 5.92 Å². The second-order valence-corrected chi connectivity index (χ2v) is 9.68. The molecule has 0 aromatic carbocycles. The molecule has 0 saturated heterocycles. The number of hydrogen-bond acceptors (Lipinski definition) is 13. The molecule has 0 heterocycles. The van der Waals surface area contributed by atoms with Crippen LogP contribution in [0.2, 0.25) is 0 Å². The monoisotopic (exact) mass is 642 g/mol. The zero-order chi connectivity index (χ0) is 32.0. The summed E-state index contributed by atoms with van der Waals surface area (Å²) >= 11 is 0. The minimum absolute atomic E-state index is 0.187. The summed E-state index contributed by atoms with van der Waals surface area (Å²) in [7, 11) is 0. The summed E-state index contributed by atoms with van der Waals surface area (Å²) in [4.78, 5) is 11.2. The molecule has 44 heavy (non-hydrogen) atoms. The molecule has 13 nitrogen and oxygen atoms in total. The molecular formula is C31H62O13. The molecule has 0 fully saturated rings. The molecule has 0 amide bonds. The second kappa shape index (κ2) is 38.2. The summed E-state index contributed by atoms with van der Waals surface area (Å²) in [5.41, 5.74) is 0. The van der Waals surface area contributed by atoms with Crippen LogP contribution in [0.15, 0.2) is 0 Å². The van der Waals surface area contributed by atoms with Gasteiger partial charge < -0.3 is 56.8 Å². The highest BCUT2D eigenvalue weighted by Crippen LogP contribution is 2.00. The molecule has 0 rings (SSSR count). The summed E-state index contributed by atoms with van der Waals surface area (Å²) in [5, 5.41) is 0. The van der Waals surface area contributed by atoms with E-state index in [-0.39, 0.29) is 12.6 Å². The van der Waals surface area contributed by atoms with Crippen molar-refractivity contribution in [1.29, 1.82) is 0 Å². The maximum absolute atomic E-state index is 11.2. The fraction of sp³-hybridized carbons (Fsp3) is 0.968. The Morgan fingerprint density at radius 3 is 0.909 bits per heavy atom. The average Bonchev–Trinajstić information content (AvgIpc) is 3.02. The minimum Gasteiger partial charge on any atom is -0.463 e. The Balaban J connectivity index is 3.07. The van der Waals surface area contributed by atoms with Crippen molar-refractivity contribution in [3.05, 3.63) is 0 Å². The maximum atomic E-state index is 11.2. The number of ether oxygens (including phenoxy) is 12. The van der Waals surface area contributed by atoms with Gasteiger partial charge in [0.25, 0.3) is 0 Å². The molecule has 0 bridgehead atoms. The molecule has 0 spiro atoms. The van der Waals surface area contributed by atoms with E-state index in [0.29, 0.717) is 151 Å². The Bertz CT molecular complexity index is 557. The van der Waals surface area contributed by atoms with Gasteiger partial charge in [-0.25, -0.2) is 0 Å². The first-order valence-electron chi connectivity index (χ1n) is 16.2. The van der Waals surface area contributed by atoms with Gasteiger partial charge in [-0.2, -0.15) is 0 Å². The van der Waals surface area contributed by atoms with E-state index in [9.17, 15) is 4.79 Å². The third-order valence-electron chi connectivity index (χ3n) is 5.76. The molecule has 0 saturated carbocycles. The first-order chi connectivity index (χ1) is 21.7. The normalized spacial score (nSPS) is 12.2. The van der Waals surface area contributed by atoms with Crippen LogP contribution in [0.4, 0.5) is 0 Å². The highest BCUT2D eigenvalue weighted by atomic mass is 16.6. The zero-order valence-electron chi connectivity index (χ0n) is 27.8. The Morgan fingerprint density at radius 1 is 0.409 bits per heavy atom. The highest BCUT2D eigenvalue weighted by molar-refractivity contribution is 5.69. The molecule has 0 radical (unpaired) electrons. The van der Waals surface area contributed by atoms with Crippen molar-refractivity contribution < 1.29 is 61.6 Å². The van der Waals surface area contributed by atoms with Gasteiger partial charge in [-0.05, 0) is 12.3 Å². The lowest BCUT2D eigenvalue weighted by Crippen LogP contribution is -2.15. The molecule has 13 heteroatoms. The van der Waals surface area contributed by atoms with E-state index in [4.69, 9.17) is 56.8 Å². The van der Waals surface area contributed by atoms with Crippen molar-refractivity contribution in [1.82, 2.24) is 0 Å². The Hall–Kier alpha value is -0.970. The molecule has 0 aromatic rings. The van der Waals surface area contributed by atoms with Gasteiger partial charge in [-0.15, -0.1) is 0 Å².